The van der Waals surface area contributed by atoms with Gasteiger partial charge in [-0.2, -0.15) is 0 Å². The summed E-state index contributed by atoms with van der Waals surface area (Å²) < 4.78 is 11.6. The molecule has 0 unspecified atom stereocenters. The van der Waals surface area contributed by atoms with Crippen molar-refractivity contribution in [3.8, 4) is 0 Å². The van der Waals surface area contributed by atoms with Crippen molar-refractivity contribution < 1.29 is 19.4 Å². The van der Waals surface area contributed by atoms with Gasteiger partial charge < -0.3 is 14.6 Å². The average Bonchev–Trinajstić information content (AvgIpc) is 3.09. The van der Waals surface area contributed by atoms with Gasteiger partial charge >= 0.3 is 5.97 Å². The molecule has 1 aromatic rings. The van der Waals surface area contributed by atoms with Crippen LogP contribution in [0, 0.1) is 6.92 Å². The summed E-state index contributed by atoms with van der Waals surface area (Å²) in [6.45, 7) is 2.69. The van der Waals surface area contributed by atoms with Gasteiger partial charge in [0.1, 0.15) is 5.57 Å². The van der Waals surface area contributed by atoms with E-state index < -0.39 is 11.6 Å². The van der Waals surface area contributed by atoms with Crippen molar-refractivity contribution in [3.05, 3.63) is 40.1 Å². The highest BCUT2D eigenvalue weighted by atomic mass is 35.5. The van der Waals surface area contributed by atoms with E-state index in [1.54, 1.807) is 18.2 Å². The van der Waals surface area contributed by atoms with Gasteiger partial charge in [0.2, 0.25) is 0 Å². The Balaban J connectivity index is 1.67. The molecule has 2 heterocycles. The molecule has 1 aromatic carbocycles. The predicted molar refractivity (Wildman–Crippen MR) is 90.9 cm³/mol. The maximum atomic E-state index is 12.5. The van der Waals surface area contributed by atoms with Crippen molar-refractivity contribution in [1.82, 2.24) is 0 Å². The molecule has 3 aliphatic rings. The molecule has 4 nitrogen and oxygen atoms in total. The molecule has 1 N–H and O–H groups in total. The summed E-state index contributed by atoms with van der Waals surface area (Å²) in [6.07, 6.45) is 5.00. The molecular formula is C19H21ClO4. The first-order chi connectivity index (χ1) is 11.4. The molecular weight excluding hydrogens is 328 g/mol. The van der Waals surface area contributed by atoms with Gasteiger partial charge in [-0.25, -0.2) is 4.79 Å². The molecule has 4 rings (SSSR count). The molecule has 0 atom stereocenters. The second kappa shape index (κ2) is 5.50. The number of hydrogen-bond donors (Lipinski definition) is 1. The number of aryl methyl sites for hydroxylation is 1. The highest BCUT2D eigenvalue weighted by Crippen LogP contribution is 2.51. The minimum atomic E-state index is -0.879. The van der Waals surface area contributed by atoms with Crippen LogP contribution in [0.5, 0.6) is 0 Å². The molecule has 1 saturated carbocycles. The fourth-order valence-corrected chi connectivity index (χ4v) is 4.57. The number of benzene rings is 1. The standard InChI is InChI=1S/C19H21ClO4/c1-12-11-13(20)3-4-14(12)15-16(21)19(24-17(15)22)8-6-18(7-9-19)5-2-10-23-18/h3-4,11,21H,2,5-10H2,1H3. The third kappa shape index (κ3) is 2.35. The van der Waals surface area contributed by atoms with Crippen LogP contribution in [-0.4, -0.2) is 28.9 Å². The Hall–Kier alpha value is -1.52. The van der Waals surface area contributed by atoms with Gasteiger partial charge in [-0.05, 0) is 68.7 Å². The lowest BCUT2D eigenvalue weighted by Gasteiger charge is -2.41. The normalized spacial score (nSPS) is 32.8. The number of aliphatic hydroxyl groups excluding tert-OH is 1. The van der Waals surface area contributed by atoms with Crippen LogP contribution in [0.3, 0.4) is 0 Å². The number of hydrogen-bond acceptors (Lipinski definition) is 4. The molecule has 2 spiro atoms. The van der Waals surface area contributed by atoms with Crippen molar-refractivity contribution in [2.75, 3.05) is 6.61 Å². The summed E-state index contributed by atoms with van der Waals surface area (Å²) >= 11 is 6.00. The fraction of sp³-hybridized carbons (Fsp3) is 0.526. The van der Waals surface area contributed by atoms with E-state index in [9.17, 15) is 9.90 Å². The first kappa shape index (κ1) is 16.0. The number of halogens is 1. The van der Waals surface area contributed by atoms with E-state index in [0.29, 0.717) is 23.4 Å². The fourth-order valence-electron chi connectivity index (χ4n) is 4.34. The van der Waals surface area contributed by atoms with Gasteiger partial charge in [0, 0.05) is 11.6 Å². The Morgan fingerprint density at radius 3 is 2.54 bits per heavy atom. The van der Waals surface area contributed by atoms with Crippen molar-refractivity contribution in [3.63, 3.8) is 0 Å². The Morgan fingerprint density at radius 2 is 1.92 bits per heavy atom. The van der Waals surface area contributed by atoms with E-state index >= 15 is 0 Å². The number of rotatable bonds is 1. The van der Waals surface area contributed by atoms with Gasteiger partial charge in [0.25, 0.3) is 0 Å². The molecule has 128 valence electrons. The van der Waals surface area contributed by atoms with E-state index in [1.807, 2.05) is 6.92 Å². The molecule has 0 bridgehead atoms. The Bertz CT molecular complexity index is 721. The Morgan fingerprint density at radius 1 is 1.17 bits per heavy atom. The van der Waals surface area contributed by atoms with Gasteiger partial charge in [-0.15, -0.1) is 0 Å². The maximum Gasteiger partial charge on any atom is 0.343 e. The van der Waals surface area contributed by atoms with E-state index in [1.165, 1.54) is 0 Å². The topological polar surface area (TPSA) is 55.8 Å². The third-order valence-corrected chi connectivity index (χ3v) is 6.01. The molecule has 5 heteroatoms. The first-order valence-corrected chi connectivity index (χ1v) is 8.90. The van der Waals surface area contributed by atoms with Crippen LogP contribution in [0.15, 0.2) is 24.0 Å². The summed E-state index contributed by atoms with van der Waals surface area (Å²) in [5.41, 5.74) is 0.875. The van der Waals surface area contributed by atoms with Crippen LogP contribution < -0.4 is 0 Å². The molecule has 1 aliphatic carbocycles. The number of esters is 1. The zero-order valence-corrected chi connectivity index (χ0v) is 14.5. The monoisotopic (exact) mass is 348 g/mol. The van der Waals surface area contributed by atoms with Crippen molar-refractivity contribution in [2.24, 2.45) is 0 Å². The molecule has 2 fully saturated rings. The lowest BCUT2D eigenvalue weighted by atomic mass is 9.73. The second-order valence-corrected chi connectivity index (χ2v) is 7.64. The van der Waals surface area contributed by atoms with Gasteiger partial charge in [-0.3, -0.25) is 0 Å². The molecule has 24 heavy (non-hydrogen) atoms. The number of ether oxygens (including phenoxy) is 2. The molecule has 1 saturated heterocycles. The largest absolute Gasteiger partial charge is 0.507 e. The summed E-state index contributed by atoms with van der Waals surface area (Å²) in [4.78, 5) is 12.5. The van der Waals surface area contributed by atoms with Crippen molar-refractivity contribution in [1.29, 1.82) is 0 Å². The van der Waals surface area contributed by atoms with Gasteiger partial charge in [-0.1, -0.05) is 17.7 Å². The Labute approximate surface area is 146 Å². The van der Waals surface area contributed by atoms with Gasteiger partial charge in [0.15, 0.2) is 11.4 Å². The lowest BCUT2D eigenvalue weighted by Crippen LogP contribution is -2.44. The lowest BCUT2D eigenvalue weighted by molar-refractivity contribution is -0.156. The summed E-state index contributed by atoms with van der Waals surface area (Å²) in [7, 11) is 0. The summed E-state index contributed by atoms with van der Waals surface area (Å²) in [5.74, 6) is -0.369. The second-order valence-electron chi connectivity index (χ2n) is 7.20. The van der Waals surface area contributed by atoms with E-state index in [4.69, 9.17) is 21.1 Å². The highest BCUT2D eigenvalue weighted by Gasteiger charge is 2.54. The minimum Gasteiger partial charge on any atom is -0.507 e. The van der Waals surface area contributed by atoms with Crippen molar-refractivity contribution in [2.45, 2.75) is 56.7 Å². The van der Waals surface area contributed by atoms with Gasteiger partial charge in [0.05, 0.1) is 5.60 Å². The van der Waals surface area contributed by atoms with E-state index in [2.05, 4.69) is 0 Å². The first-order valence-electron chi connectivity index (χ1n) is 8.52. The van der Waals surface area contributed by atoms with Crippen molar-refractivity contribution >= 4 is 23.1 Å². The maximum absolute atomic E-state index is 12.5. The minimum absolute atomic E-state index is 0.0725. The zero-order valence-electron chi connectivity index (χ0n) is 13.7. The quantitative estimate of drug-likeness (QED) is 0.767. The van der Waals surface area contributed by atoms with Crippen LogP contribution in [0.4, 0.5) is 0 Å². The summed E-state index contributed by atoms with van der Waals surface area (Å²) in [5, 5.41) is 11.5. The molecule has 2 aliphatic heterocycles. The molecule has 0 aromatic heterocycles. The SMILES string of the molecule is Cc1cc(Cl)ccc1C1=C(O)C2(CCC3(CCCO3)CC2)OC1=O. The summed E-state index contributed by atoms with van der Waals surface area (Å²) in [6, 6.07) is 5.29. The smallest absolute Gasteiger partial charge is 0.343 e. The molecule has 0 amide bonds. The van der Waals surface area contributed by atoms with Crippen LogP contribution in [0.25, 0.3) is 5.57 Å². The predicted octanol–water partition coefficient (Wildman–Crippen LogP) is 4.34. The highest BCUT2D eigenvalue weighted by molar-refractivity contribution is 6.31. The van der Waals surface area contributed by atoms with Crippen LogP contribution >= 0.6 is 11.6 Å². The van der Waals surface area contributed by atoms with E-state index in [-0.39, 0.29) is 16.9 Å². The molecule has 0 radical (unpaired) electrons. The van der Waals surface area contributed by atoms with Crippen LogP contribution in [0.1, 0.15) is 49.7 Å². The zero-order chi connectivity index (χ0) is 16.9. The number of carbonyl (C=O) groups excluding carboxylic acids is 1. The van der Waals surface area contributed by atoms with Crippen LogP contribution in [0.2, 0.25) is 5.02 Å². The Kier molecular flexibility index (Phi) is 3.66. The number of carbonyl (C=O) groups is 1. The van der Waals surface area contributed by atoms with Crippen LogP contribution in [-0.2, 0) is 14.3 Å². The van der Waals surface area contributed by atoms with E-state index in [0.717, 1.165) is 37.9 Å². The third-order valence-electron chi connectivity index (χ3n) is 5.77. The average molecular weight is 349 g/mol. The number of aliphatic hydroxyl groups is 1.